The van der Waals surface area contributed by atoms with Crippen LogP contribution in [0.3, 0.4) is 0 Å². The molecule has 2 heteroatoms. The molecule has 4 aromatic rings. The van der Waals surface area contributed by atoms with Crippen LogP contribution >= 0.6 is 0 Å². The molecule has 0 heterocycles. The van der Waals surface area contributed by atoms with Crippen molar-refractivity contribution in [3.05, 3.63) is 112 Å². The number of nitrogens with zero attached hydrogens (tertiary/aromatic N) is 1. The Balaban J connectivity index is 1.59. The van der Waals surface area contributed by atoms with Crippen molar-refractivity contribution in [3.63, 3.8) is 0 Å². The van der Waals surface area contributed by atoms with Crippen LogP contribution in [0.1, 0.15) is 161 Å². The highest BCUT2D eigenvalue weighted by atomic mass is 15.1. The van der Waals surface area contributed by atoms with Crippen LogP contribution in [0.2, 0.25) is 0 Å². The average Bonchev–Trinajstić information content (AvgIpc) is 3.02. The van der Waals surface area contributed by atoms with E-state index in [1.165, 1.54) is 81.7 Å². The maximum Gasteiger partial charge on any atom is 0.0493 e. The van der Waals surface area contributed by atoms with Crippen LogP contribution in [0.5, 0.6) is 0 Å². The molecular formula is C48H64N2. The van der Waals surface area contributed by atoms with E-state index in [-0.39, 0.29) is 27.1 Å². The summed E-state index contributed by atoms with van der Waals surface area (Å²) in [6.07, 6.45) is 4.87. The number of rotatable bonds is 5. The molecule has 0 spiro atoms. The van der Waals surface area contributed by atoms with Crippen LogP contribution in [-0.2, 0) is 27.1 Å². The topological polar surface area (TPSA) is 15.3 Å². The number of fused-ring (bicyclic) bond motifs is 2. The second-order valence-electron chi connectivity index (χ2n) is 19.9. The Morgan fingerprint density at radius 2 is 1.16 bits per heavy atom. The number of hydrogen-bond donors (Lipinski definition) is 1. The molecule has 1 unspecified atom stereocenters. The first-order valence-corrected chi connectivity index (χ1v) is 19.2. The fourth-order valence-electron chi connectivity index (χ4n) is 8.41. The lowest BCUT2D eigenvalue weighted by atomic mass is 9.63. The van der Waals surface area contributed by atoms with Crippen LogP contribution in [0.15, 0.2) is 72.8 Å². The van der Waals surface area contributed by atoms with Crippen molar-refractivity contribution in [3.8, 4) is 0 Å². The van der Waals surface area contributed by atoms with Gasteiger partial charge in [-0.25, -0.2) is 0 Å². The Kier molecular flexibility index (Phi) is 8.93. The van der Waals surface area contributed by atoms with Crippen molar-refractivity contribution < 1.29 is 0 Å². The lowest BCUT2D eigenvalue weighted by molar-refractivity contribution is 0.332. The zero-order valence-corrected chi connectivity index (χ0v) is 33.8. The van der Waals surface area contributed by atoms with Crippen LogP contribution in [0.4, 0.5) is 28.4 Å². The summed E-state index contributed by atoms with van der Waals surface area (Å²) in [4.78, 5) is 2.58. The third kappa shape index (κ3) is 6.89. The first-order valence-electron chi connectivity index (χ1n) is 19.2. The molecule has 4 aromatic carbocycles. The van der Waals surface area contributed by atoms with Gasteiger partial charge in [0.25, 0.3) is 0 Å². The smallest absolute Gasteiger partial charge is 0.0493 e. The van der Waals surface area contributed by atoms with Gasteiger partial charge in [0.15, 0.2) is 0 Å². The van der Waals surface area contributed by atoms with Gasteiger partial charge in [0.2, 0.25) is 0 Å². The Morgan fingerprint density at radius 3 is 1.76 bits per heavy atom. The molecule has 266 valence electrons. The van der Waals surface area contributed by atoms with Crippen LogP contribution in [-0.4, -0.2) is 0 Å². The quantitative estimate of drug-likeness (QED) is 0.228. The van der Waals surface area contributed by atoms with Gasteiger partial charge in [-0.15, -0.1) is 0 Å². The molecular weight excluding hydrogens is 605 g/mol. The third-order valence-corrected chi connectivity index (χ3v) is 12.2. The molecule has 0 bridgehead atoms. The maximum atomic E-state index is 3.82. The van der Waals surface area contributed by atoms with Crippen molar-refractivity contribution in [2.24, 2.45) is 0 Å². The van der Waals surface area contributed by atoms with E-state index < -0.39 is 0 Å². The SMILES string of the molecule is Cc1cc2c(cc1N(c1cc(Nc3ccc(C(C)(C)C)cc3)cc(C(C)(C)C)c1)c1ccc3c(c1)C(C)(C)CCC3C)C(C)(C)CCC2(C)C. The van der Waals surface area contributed by atoms with E-state index in [1.807, 2.05) is 0 Å². The van der Waals surface area contributed by atoms with E-state index in [4.69, 9.17) is 0 Å². The lowest BCUT2D eigenvalue weighted by Crippen LogP contribution is -2.34. The molecule has 50 heavy (non-hydrogen) atoms. The number of hydrogen-bond acceptors (Lipinski definition) is 2. The molecule has 2 nitrogen and oxygen atoms in total. The summed E-state index contributed by atoms with van der Waals surface area (Å²) in [5.74, 6) is 0.582. The van der Waals surface area contributed by atoms with Gasteiger partial charge in [0.1, 0.15) is 0 Å². The summed E-state index contributed by atoms with van der Waals surface area (Å²) in [6.45, 7) is 33.2. The van der Waals surface area contributed by atoms with Gasteiger partial charge in [-0.1, -0.05) is 114 Å². The molecule has 0 amide bonds. The van der Waals surface area contributed by atoms with E-state index in [0.29, 0.717) is 5.92 Å². The van der Waals surface area contributed by atoms with Gasteiger partial charge in [-0.2, -0.15) is 0 Å². The Morgan fingerprint density at radius 1 is 0.580 bits per heavy atom. The average molecular weight is 669 g/mol. The molecule has 0 saturated carbocycles. The monoisotopic (exact) mass is 669 g/mol. The minimum absolute atomic E-state index is 0.0294. The van der Waals surface area contributed by atoms with E-state index in [9.17, 15) is 0 Å². The second-order valence-corrected chi connectivity index (χ2v) is 19.9. The van der Waals surface area contributed by atoms with Gasteiger partial charge in [0, 0.05) is 28.4 Å². The van der Waals surface area contributed by atoms with Gasteiger partial charge in [-0.3, -0.25) is 0 Å². The lowest BCUT2D eigenvalue weighted by Gasteiger charge is -2.43. The summed E-state index contributed by atoms with van der Waals surface area (Å²) in [7, 11) is 0. The number of benzene rings is 4. The first-order chi connectivity index (χ1) is 23.1. The fourth-order valence-corrected chi connectivity index (χ4v) is 8.41. The molecule has 0 radical (unpaired) electrons. The summed E-state index contributed by atoms with van der Waals surface area (Å²) in [6, 6.07) is 28.6. The predicted molar refractivity (Wildman–Crippen MR) is 219 cm³/mol. The standard InChI is InChI=1S/C48H64N2/c1-31-21-22-46(9,10)40-29-37(19-20-39(31)40)50(43-30-42-41(25-32(43)2)47(11,12)23-24-48(42,13)14)38-27-34(45(6,7)8)26-36(28-38)49-35-17-15-33(16-18-35)44(3,4)5/h15-20,25-31,49H,21-24H2,1-14H3. The minimum Gasteiger partial charge on any atom is -0.355 e. The third-order valence-electron chi connectivity index (χ3n) is 12.2. The molecule has 2 aliphatic rings. The number of aryl methyl sites for hydroxylation is 1. The second kappa shape index (κ2) is 12.3. The fraction of sp³-hybridized carbons (Fsp3) is 0.500. The normalized spacial score (nSPS) is 19.4. The van der Waals surface area contributed by atoms with Crippen molar-refractivity contribution in [2.45, 2.75) is 156 Å². The summed E-state index contributed by atoms with van der Waals surface area (Å²) in [5, 5.41) is 3.82. The van der Waals surface area contributed by atoms with E-state index in [1.54, 1.807) is 0 Å². The zero-order valence-electron chi connectivity index (χ0n) is 33.8. The molecule has 1 atom stereocenters. The highest BCUT2D eigenvalue weighted by Gasteiger charge is 2.38. The first kappa shape index (κ1) is 36.3. The molecule has 6 rings (SSSR count). The van der Waals surface area contributed by atoms with Crippen LogP contribution < -0.4 is 10.2 Å². The maximum absolute atomic E-state index is 3.82. The van der Waals surface area contributed by atoms with Crippen molar-refractivity contribution in [1.82, 2.24) is 0 Å². The number of anilines is 5. The molecule has 2 aliphatic carbocycles. The number of nitrogens with one attached hydrogen (secondary N) is 1. The largest absolute Gasteiger partial charge is 0.355 e. The van der Waals surface area contributed by atoms with Crippen molar-refractivity contribution in [1.29, 1.82) is 0 Å². The Labute approximate surface area is 305 Å². The van der Waals surface area contributed by atoms with Crippen LogP contribution in [0.25, 0.3) is 0 Å². The summed E-state index contributed by atoms with van der Waals surface area (Å²) in [5.41, 5.74) is 16.5. The Hall–Kier alpha value is -3.52. The van der Waals surface area contributed by atoms with Gasteiger partial charge in [-0.05, 0) is 153 Å². The Bertz CT molecular complexity index is 1890. The van der Waals surface area contributed by atoms with Gasteiger partial charge < -0.3 is 10.2 Å². The molecule has 0 aliphatic heterocycles. The highest BCUT2D eigenvalue weighted by molar-refractivity contribution is 5.83. The van der Waals surface area contributed by atoms with Gasteiger partial charge >= 0.3 is 0 Å². The highest BCUT2D eigenvalue weighted by Crippen LogP contribution is 2.51. The molecule has 0 fully saturated rings. The minimum atomic E-state index is -0.0294. The van der Waals surface area contributed by atoms with Crippen molar-refractivity contribution in [2.75, 3.05) is 10.2 Å². The van der Waals surface area contributed by atoms with E-state index in [0.717, 1.165) is 11.4 Å². The van der Waals surface area contributed by atoms with Crippen molar-refractivity contribution >= 4 is 28.4 Å². The zero-order chi connectivity index (χ0) is 36.6. The van der Waals surface area contributed by atoms with Gasteiger partial charge in [0.05, 0.1) is 0 Å². The predicted octanol–water partition coefficient (Wildman–Crippen LogP) is 14.3. The van der Waals surface area contributed by atoms with Crippen LogP contribution in [0, 0.1) is 6.92 Å². The summed E-state index contributed by atoms with van der Waals surface area (Å²) >= 11 is 0. The molecule has 0 aromatic heterocycles. The molecule has 0 saturated heterocycles. The van der Waals surface area contributed by atoms with E-state index in [2.05, 4.69) is 180 Å². The molecule has 1 N–H and O–H groups in total. The summed E-state index contributed by atoms with van der Waals surface area (Å²) < 4.78 is 0. The van der Waals surface area contributed by atoms with E-state index >= 15 is 0 Å².